The fourth-order valence-electron chi connectivity index (χ4n) is 4.01. The van der Waals surface area contributed by atoms with Crippen molar-refractivity contribution in [3.05, 3.63) is 22.4 Å². The average Bonchev–Trinajstić information content (AvgIpc) is 2.94. The third-order valence-electron chi connectivity index (χ3n) is 5.42. The molecule has 21 heavy (non-hydrogen) atoms. The Labute approximate surface area is 130 Å². The van der Waals surface area contributed by atoms with Crippen LogP contribution < -0.4 is 5.32 Å². The van der Waals surface area contributed by atoms with Gasteiger partial charge in [0.1, 0.15) is 6.17 Å². The van der Waals surface area contributed by atoms with Crippen molar-refractivity contribution >= 4 is 17.2 Å². The maximum atomic E-state index is 13.0. The van der Waals surface area contributed by atoms with Gasteiger partial charge in [0, 0.05) is 6.54 Å². The van der Waals surface area contributed by atoms with Crippen LogP contribution in [0.15, 0.2) is 16.8 Å². The maximum Gasteiger partial charge on any atom is 0.244 e. The summed E-state index contributed by atoms with van der Waals surface area (Å²) in [7, 11) is 0. The molecule has 0 radical (unpaired) electrons. The third-order valence-corrected chi connectivity index (χ3v) is 6.12. The zero-order chi connectivity index (χ0) is 14.3. The lowest BCUT2D eigenvalue weighted by molar-refractivity contribution is -0.133. The molecule has 3 nitrogen and oxygen atoms in total. The zero-order valence-electron chi connectivity index (χ0n) is 12.5. The quantitative estimate of drug-likeness (QED) is 0.900. The first kappa shape index (κ1) is 13.8. The number of thiophene rings is 1. The number of hydrogen-bond acceptors (Lipinski definition) is 3. The normalized spacial score (nSPS) is 27.9. The lowest BCUT2D eigenvalue weighted by Gasteiger charge is -2.23. The highest BCUT2D eigenvalue weighted by Crippen LogP contribution is 2.41. The maximum absolute atomic E-state index is 13.0. The van der Waals surface area contributed by atoms with E-state index < -0.39 is 0 Å². The first-order chi connectivity index (χ1) is 10.3. The molecule has 2 saturated carbocycles. The van der Waals surface area contributed by atoms with Gasteiger partial charge in [0.05, 0.1) is 5.54 Å². The number of hydrogen-bond donors (Lipinski definition) is 1. The van der Waals surface area contributed by atoms with Crippen LogP contribution in [0.2, 0.25) is 0 Å². The van der Waals surface area contributed by atoms with Crippen LogP contribution >= 0.6 is 11.3 Å². The van der Waals surface area contributed by atoms with Gasteiger partial charge in [-0.05, 0) is 54.0 Å². The Morgan fingerprint density at radius 3 is 2.81 bits per heavy atom. The Hall–Kier alpha value is -0.870. The molecule has 1 aromatic heterocycles. The van der Waals surface area contributed by atoms with Crippen LogP contribution in [-0.4, -0.2) is 22.9 Å². The van der Waals surface area contributed by atoms with Crippen molar-refractivity contribution in [3.63, 3.8) is 0 Å². The Kier molecular flexibility index (Phi) is 3.54. The van der Waals surface area contributed by atoms with Crippen molar-refractivity contribution < 1.29 is 4.79 Å². The van der Waals surface area contributed by atoms with E-state index in [1.54, 1.807) is 11.3 Å². The number of carbonyl (C=O) groups excluding carboxylic acids is 1. The Balaban J connectivity index is 1.52. The molecule has 2 aliphatic carbocycles. The summed E-state index contributed by atoms with van der Waals surface area (Å²) in [4.78, 5) is 15.1. The first-order valence-corrected chi connectivity index (χ1v) is 9.34. The van der Waals surface area contributed by atoms with Crippen molar-refractivity contribution in [3.8, 4) is 0 Å². The van der Waals surface area contributed by atoms with Crippen molar-refractivity contribution in [1.29, 1.82) is 0 Å². The molecule has 1 aliphatic heterocycles. The fourth-order valence-corrected chi connectivity index (χ4v) is 4.69. The second-order valence-corrected chi connectivity index (χ2v) is 7.76. The fraction of sp³-hybridized carbons (Fsp3) is 0.706. The molecule has 3 aliphatic rings. The van der Waals surface area contributed by atoms with E-state index in [0.717, 1.165) is 31.7 Å². The van der Waals surface area contributed by atoms with Crippen LogP contribution in [0.5, 0.6) is 0 Å². The van der Waals surface area contributed by atoms with E-state index in [1.807, 2.05) is 0 Å². The molecule has 4 rings (SSSR count). The lowest BCUT2D eigenvalue weighted by atomic mass is 9.98. The minimum absolute atomic E-state index is 0.112. The Morgan fingerprint density at radius 2 is 2.14 bits per heavy atom. The number of nitrogens with one attached hydrogen (secondary N) is 1. The molecule has 3 fully saturated rings. The molecular weight excluding hydrogens is 280 g/mol. The standard InChI is InChI=1S/C17H24N2OS/c20-16-17(8-1-2-9-17)18-15(14-7-11-21-12-14)19(16)10-3-4-13-5-6-13/h7,11-13,15,18H,1-6,8-10H2. The van der Waals surface area contributed by atoms with Gasteiger partial charge >= 0.3 is 0 Å². The van der Waals surface area contributed by atoms with E-state index in [-0.39, 0.29) is 11.7 Å². The highest BCUT2D eigenvalue weighted by molar-refractivity contribution is 7.07. The Bertz CT molecular complexity index is 503. The van der Waals surface area contributed by atoms with Gasteiger partial charge in [-0.15, -0.1) is 0 Å². The number of carbonyl (C=O) groups is 1. The second-order valence-electron chi connectivity index (χ2n) is 6.98. The van der Waals surface area contributed by atoms with E-state index in [0.29, 0.717) is 5.91 Å². The van der Waals surface area contributed by atoms with Gasteiger partial charge in [-0.3, -0.25) is 10.1 Å². The summed E-state index contributed by atoms with van der Waals surface area (Å²) in [5, 5.41) is 8.01. The van der Waals surface area contributed by atoms with Gasteiger partial charge < -0.3 is 4.90 Å². The predicted octanol–water partition coefficient (Wildman–Crippen LogP) is 3.68. The summed E-state index contributed by atoms with van der Waals surface area (Å²) in [5.41, 5.74) is 1.02. The van der Waals surface area contributed by atoms with Gasteiger partial charge in [0.15, 0.2) is 0 Å². The van der Waals surface area contributed by atoms with Gasteiger partial charge in [-0.1, -0.05) is 25.7 Å². The molecule has 4 heteroatoms. The molecule has 1 atom stereocenters. The summed E-state index contributed by atoms with van der Waals surface area (Å²) in [5.74, 6) is 1.32. The van der Waals surface area contributed by atoms with Crippen LogP contribution in [0.4, 0.5) is 0 Å². The molecule has 114 valence electrons. The van der Waals surface area contributed by atoms with Crippen molar-refractivity contribution in [2.75, 3.05) is 6.54 Å². The van der Waals surface area contributed by atoms with Crippen molar-refractivity contribution in [2.45, 2.75) is 63.1 Å². The van der Waals surface area contributed by atoms with E-state index in [2.05, 4.69) is 27.0 Å². The minimum atomic E-state index is -0.244. The molecule has 1 unspecified atom stereocenters. The van der Waals surface area contributed by atoms with E-state index >= 15 is 0 Å². The molecule has 1 saturated heterocycles. The SMILES string of the molecule is O=C1N(CCCC2CC2)C(c2ccsc2)NC12CCCC2. The van der Waals surface area contributed by atoms with Gasteiger partial charge in [0.25, 0.3) is 0 Å². The lowest BCUT2D eigenvalue weighted by Crippen LogP contribution is -2.44. The highest BCUT2D eigenvalue weighted by atomic mass is 32.1. The van der Waals surface area contributed by atoms with E-state index in [9.17, 15) is 4.79 Å². The largest absolute Gasteiger partial charge is 0.321 e. The molecule has 0 bridgehead atoms. The molecule has 1 aromatic rings. The monoisotopic (exact) mass is 304 g/mol. The van der Waals surface area contributed by atoms with E-state index in [1.165, 1.54) is 37.7 Å². The highest BCUT2D eigenvalue weighted by Gasteiger charge is 2.52. The summed E-state index contributed by atoms with van der Waals surface area (Å²) in [6.45, 7) is 0.921. The summed E-state index contributed by atoms with van der Waals surface area (Å²) in [6.07, 6.45) is 9.80. The van der Waals surface area contributed by atoms with Gasteiger partial charge in [-0.2, -0.15) is 11.3 Å². The first-order valence-electron chi connectivity index (χ1n) is 8.39. The minimum Gasteiger partial charge on any atom is -0.321 e. The summed E-state index contributed by atoms with van der Waals surface area (Å²) in [6, 6.07) is 2.16. The van der Waals surface area contributed by atoms with Crippen LogP contribution in [0.1, 0.15) is 63.1 Å². The van der Waals surface area contributed by atoms with Gasteiger partial charge in [0.2, 0.25) is 5.91 Å². The Morgan fingerprint density at radius 1 is 1.33 bits per heavy atom. The third kappa shape index (κ3) is 2.53. The number of nitrogens with zero attached hydrogens (tertiary/aromatic N) is 1. The zero-order valence-corrected chi connectivity index (χ0v) is 13.3. The molecular formula is C17H24N2OS. The molecule has 2 heterocycles. The number of amides is 1. The van der Waals surface area contributed by atoms with Crippen LogP contribution in [0.3, 0.4) is 0 Å². The predicted molar refractivity (Wildman–Crippen MR) is 85.1 cm³/mol. The summed E-state index contributed by atoms with van der Waals surface area (Å²) >= 11 is 1.72. The average molecular weight is 304 g/mol. The molecule has 1 amide bonds. The molecule has 1 spiro atoms. The van der Waals surface area contributed by atoms with Crippen LogP contribution in [0, 0.1) is 5.92 Å². The van der Waals surface area contributed by atoms with Crippen molar-refractivity contribution in [2.24, 2.45) is 5.92 Å². The summed E-state index contributed by atoms with van der Waals surface area (Å²) < 4.78 is 0. The smallest absolute Gasteiger partial charge is 0.244 e. The van der Waals surface area contributed by atoms with E-state index in [4.69, 9.17) is 0 Å². The molecule has 0 aromatic carbocycles. The van der Waals surface area contributed by atoms with Crippen LogP contribution in [0.25, 0.3) is 0 Å². The molecule has 1 N–H and O–H groups in total. The van der Waals surface area contributed by atoms with Gasteiger partial charge in [-0.25, -0.2) is 0 Å². The number of rotatable bonds is 5. The van der Waals surface area contributed by atoms with Crippen LogP contribution in [-0.2, 0) is 4.79 Å². The van der Waals surface area contributed by atoms with Crippen molar-refractivity contribution in [1.82, 2.24) is 10.2 Å². The topological polar surface area (TPSA) is 32.3 Å². The second kappa shape index (κ2) is 5.40.